The van der Waals surface area contributed by atoms with E-state index in [1.54, 1.807) is 0 Å². The van der Waals surface area contributed by atoms with E-state index < -0.39 is 9.84 Å². The molecule has 0 aromatic carbocycles. The Hall–Kier alpha value is -0.0500. The van der Waals surface area contributed by atoms with E-state index >= 15 is 0 Å². The first-order valence-corrected chi connectivity index (χ1v) is 6.70. The third-order valence-electron chi connectivity index (χ3n) is 3.33. The molecule has 3 heteroatoms. The van der Waals surface area contributed by atoms with Gasteiger partial charge < -0.3 is 0 Å². The van der Waals surface area contributed by atoms with Gasteiger partial charge in [-0.1, -0.05) is 19.3 Å². The van der Waals surface area contributed by atoms with E-state index in [1.165, 1.54) is 19.3 Å². The molecule has 70 valence electrons. The largest absolute Gasteiger partial charge is 0.229 e. The topological polar surface area (TPSA) is 34.1 Å². The monoisotopic (exact) mass is 188 g/mol. The van der Waals surface area contributed by atoms with Gasteiger partial charge in [0.05, 0.1) is 11.5 Å². The predicted octanol–water partition coefficient (Wildman–Crippen LogP) is 1.61. The van der Waals surface area contributed by atoms with E-state index in [9.17, 15) is 8.42 Å². The van der Waals surface area contributed by atoms with Gasteiger partial charge >= 0.3 is 0 Å². The van der Waals surface area contributed by atoms with Crippen LogP contribution in [0.5, 0.6) is 0 Å². The Bertz CT molecular complexity index is 256. The maximum atomic E-state index is 11.3. The lowest BCUT2D eigenvalue weighted by atomic mass is 9.79. The molecular formula is C9H16O2S. The second-order valence-electron chi connectivity index (χ2n) is 4.21. The van der Waals surface area contributed by atoms with Gasteiger partial charge in [0.1, 0.15) is 0 Å². The van der Waals surface area contributed by atoms with Crippen LogP contribution in [0.4, 0.5) is 0 Å². The molecule has 0 bridgehead atoms. The molecule has 1 saturated heterocycles. The molecule has 0 N–H and O–H groups in total. The van der Waals surface area contributed by atoms with Crippen LogP contribution in [0.1, 0.15) is 32.1 Å². The lowest BCUT2D eigenvalue weighted by Crippen LogP contribution is -2.34. The summed E-state index contributed by atoms with van der Waals surface area (Å²) in [5, 5.41) is 0. The van der Waals surface area contributed by atoms with Gasteiger partial charge in [0.2, 0.25) is 0 Å². The average Bonchev–Trinajstić information content (AvgIpc) is 2.02. The van der Waals surface area contributed by atoms with Crippen LogP contribution < -0.4 is 0 Å². The van der Waals surface area contributed by atoms with Gasteiger partial charge in [0, 0.05) is 0 Å². The Balaban J connectivity index is 2.08. The minimum absolute atomic E-state index is 0.453. The zero-order valence-electron chi connectivity index (χ0n) is 7.33. The van der Waals surface area contributed by atoms with Crippen molar-refractivity contribution in [2.24, 2.45) is 11.8 Å². The van der Waals surface area contributed by atoms with Crippen molar-refractivity contribution >= 4 is 9.84 Å². The number of sulfone groups is 1. The van der Waals surface area contributed by atoms with Crippen LogP contribution in [-0.2, 0) is 9.84 Å². The Morgan fingerprint density at radius 3 is 2.33 bits per heavy atom. The van der Waals surface area contributed by atoms with E-state index in [0.29, 0.717) is 17.4 Å². The summed E-state index contributed by atoms with van der Waals surface area (Å²) in [5.74, 6) is 2.19. The summed E-state index contributed by atoms with van der Waals surface area (Å²) in [6.07, 6.45) is 5.94. The maximum absolute atomic E-state index is 11.3. The van der Waals surface area contributed by atoms with E-state index in [2.05, 4.69) is 0 Å². The number of hydrogen-bond donors (Lipinski definition) is 0. The summed E-state index contributed by atoms with van der Waals surface area (Å²) < 4.78 is 22.6. The minimum atomic E-state index is -2.65. The Morgan fingerprint density at radius 1 is 0.917 bits per heavy atom. The second-order valence-corrected chi connectivity index (χ2v) is 6.44. The van der Waals surface area contributed by atoms with E-state index in [4.69, 9.17) is 0 Å². The highest BCUT2D eigenvalue weighted by Crippen LogP contribution is 2.36. The summed E-state index contributed by atoms with van der Waals surface area (Å²) in [6, 6.07) is 0. The third kappa shape index (κ3) is 1.65. The van der Waals surface area contributed by atoms with E-state index in [1.807, 2.05) is 0 Å². The first kappa shape index (κ1) is 8.54. The van der Waals surface area contributed by atoms with Gasteiger partial charge in [0.15, 0.2) is 9.84 Å². The quantitative estimate of drug-likeness (QED) is 0.579. The summed E-state index contributed by atoms with van der Waals surface area (Å²) in [5.41, 5.74) is 0. The lowest BCUT2D eigenvalue weighted by molar-refractivity contribution is 0.242. The molecule has 0 spiro atoms. The van der Waals surface area contributed by atoms with Gasteiger partial charge in [-0.3, -0.25) is 0 Å². The SMILES string of the molecule is O=S1(=O)CC[C@@H]2CCCC[C@@H]2C1. The number of hydrogen-bond acceptors (Lipinski definition) is 2. The highest BCUT2D eigenvalue weighted by atomic mass is 32.2. The van der Waals surface area contributed by atoms with Crippen LogP contribution in [-0.4, -0.2) is 19.9 Å². The summed E-state index contributed by atoms with van der Waals surface area (Å²) in [4.78, 5) is 0. The fourth-order valence-corrected chi connectivity index (χ4v) is 4.54. The van der Waals surface area contributed by atoms with Gasteiger partial charge in [-0.2, -0.15) is 0 Å². The lowest BCUT2D eigenvalue weighted by Gasteiger charge is -2.34. The summed E-state index contributed by atoms with van der Waals surface area (Å²) >= 11 is 0. The van der Waals surface area contributed by atoms with Crippen molar-refractivity contribution in [3.05, 3.63) is 0 Å². The molecule has 2 rings (SSSR count). The third-order valence-corrected chi connectivity index (χ3v) is 5.13. The standard InChI is InChI=1S/C9H16O2S/c10-12(11)6-5-8-3-1-2-4-9(8)7-12/h8-9H,1-7H2/t8-,9+/m0/s1. The smallest absolute Gasteiger partial charge is 0.150 e. The first-order chi connectivity index (χ1) is 5.67. The molecule has 12 heavy (non-hydrogen) atoms. The van der Waals surface area contributed by atoms with Crippen LogP contribution >= 0.6 is 0 Å². The van der Waals surface area contributed by atoms with Crippen molar-refractivity contribution in [2.45, 2.75) is 32.1 Å². The molecule has 0 aromatic rings. The van der Waals surface area contributed by atoms with Gasteiger partial charge in [0.25, 0.3) is 0 Å². The molecule has 1 aliphatic carbocycles. The van der Waals surface area contributed by atoms with Crippen molar-refractivity contribution in [2.75, 3.05) is 11.5 Å². The molecular weight excluding hydrogens is 172 g/mol. The van der Waals surface area contributed by atoms with Crippen LogP contribution in [0.2, 0.25) is 0 Å². The molecule has 1 heterocycles. The molecule has 0 unspecified atom stereocenters. The predicted molar refractivity (Wildman–Crippen MR) is 48.7 cm³/mol. The molecule has 0 radical (unpaired) electrons. The zero-order chi connectivity index (χ0) is 8.60. The molecule has 0 aromatic heterocycles. The number of rotatable bonds is 0. The molecule has 0 amide bonds. The summed E-state index contributed by atoms with van der Waals surface area (Å²) in [7, 11) is -2.65. The molecule has 2 atom stereocenters. The van der Waals surface area contributed by atoms with Gasteiger partial charge in [-0.25, -0.2) is 8.42 Å². The van der Waals surface area contributed by atoms with Crippen molar-refractivity contribution < 1.29 is 8.42 Å². The molecule has 2 aliphatic rings. The minimum Gasteiger partial charge on any atom is -0.229 e. The van der Waals surface area contributed by atoms with Gasteiger partial charge in [-0.15, -0.1) is 0 Å². The van der Waals surface area contributed by atoms with Crippen LogP contribution in [0.25, 0.3) is 0 Å². The van der Waals surface area contributed by atoms with E-state index in [-0.39, 0.29) is 0 Å². The molecule has 2 fully saturated rings. The first-order valence-electron chi connectivity index (χ1n) is 4.88. The Labute approximate surface area is 74.3 Å². The van der Waals surface area contributed by atoms with Crippen molar-refractivity contribution in [1.82, 2.24) is 0 Å². The average molecular weight is 188 g/mol. The fourth-order valence-electron chi connectivity index (χ4n) is 2.62. The molecule has 1 saturated carbocycles. The highest BCUT2D eigenvalue weighted by Gasteiger charge is 2.34. The maximum Gasteiger partial charge on any atom is 0.150 e. The van der Waals surface area contributed by atoms with E-state index in [0.717, 1.165) is 18.8 Å². The Kier molecular flexibility index (Phi) is 2.15. The number of fused-ring (bicyclic) bond motifs is 1. The highest BCUT2D eigenvalue weighted by molar-refractivity contribution is 7.91. The van der Waals surface area contributed by atoms with Crippen molar-refractivity contribution in [1.29, 1.82) is 0 Å². The van der Waals surface area contributed by atoms with Crippen LogP contribution in [0.3, 0.4) is 0 Å². The zero-order valence-corrected chi connectivity index (χ0v) is 8.15. The molecule has 1 aliphatic heterocycles. The van der Waals surface area contributed by atoms with Crippen molar-refractivity contribution in [3.8, 4) is 0 Å². The normalized spacial score (nSPS) is 40.3. The second kappa shape index (κ2) is 3.02. The summed E-state index contributed by atoms with van der Waals surface area (Å²) in [6.45, 7) is 0. The van der Waals surface area contributed by atoms with Crippen LogP contribution in [0.15, 0.2) is 0 Å². The van der Waals surface area contributed by atoms with Crippen LogP contribution in [0, 0.1) is 11.8 Å². The fraction of sp³-hybridized carbons (Fsp3) is 1.00. The van der Waals surface area contributed by atoms with Crippen molar-refractivity contribution in [3.63, 3.8) is 0 Å². The Morgan fingerprint density at radius 2 is 1.58 bits per heavy atom. The molecule has 2 nitrogen and oxygen atoms in total. The van der Waals surface area contributed by atoms with Gasteiger partial charge in [-0.05, 0) is 24.7 Å².